The molecule has 0 heterocycles. The normalized spacial score (nSPS) is 11.1. The van der Waals surface area contributed by atoms with Gasteiger partial charge in [0.25, 0.3) is 0 Å². The Balaban J connectivity index is 3.43. The second-order valence-electron chi connectivity index (χ2n) is 2.91. The van der Waals surface area contributed by atoms with Gasteiger partial charge >= 0.3 is 6.18 Å². The van der Waals surface area contributed by atoms with E-state index in [1.54, 1.807) is 0 Å². The Labute approximate surface area is 89.8 Å². The minimum Gasteiger partial charge on any atom is -0.496 e. The van der Waals surface area contributed by atoms with Crippen molar-refractivity contribution in [3.63, 3.8) is 0 Å². The molecule has 0 bridgehead atoms. The van der Waals surface area contributed by atoms with Crippen LogP contribution in [-0.4, -0.2) is 20.5 Å². The zero-order valence-corrected chi connectivity index (χ0v) is 8.59. The summed E-state index contributed by atoms with van der Waals surface area (Å²) in [6.45, 7) is 0. The fraction of sp³-hybridized carbons (Fsp3) is 0.300. The van der Waals surface area contributed by atoms with E-state index < -0.39 is 17.5 Å². The maximum Gasteiger partial charge on any atom is 0.420 e. The Kier molecular flexibility index (Phi) is 3.41. The number of hydrogen-bond acceptors (Lipinski definition) is 3. The fourth-order valence-electron chi connectivity index (χ4n) is 1.23. The van der Waals surface area contributed by atoms with Gasteiger partial charge < -0.3 is 9.47 Å². The highest BCUT2D eigenvalue weighted by Gasteiger charge is 2.35. The first-order chi connectivity index (χ1) is 7.43. The van der Waals surface area contributed by atoms with Crippen LogP contribution in [0.1, 0.15) is 15.9 Å². The predicted octanol–water partition coefficient (Wildman–Crippen LogP) is 2.54. The smallest absolute Gasteiger partial charge is 0.420 e. The number of carbonyl (C=O) groups excluding carboxylic acids is 1. The van der Waals surface area contributed by atoms with Crippen molar-refractivity contribution >= 4 is 6.29 Å². The lowest BCUT2D eigenvalue weighted by Gasteiger charge is -2.14. The lowest BCUT2D eigenvalue weighted by Crippen LogP contribution is -2.08. The average Bonchev–Trinajstić information content (AvgIpc) is 2.25. The van der Waals surface area contributed by atoms with E-state index in [-0.39, 0.29) is 11.3 Å². The van der Waals surface area contributed by atoms with E-state index in [1.165, 1.54) is 7.11 Å². The van der Waals surface area contributed by atoms with Crippen molar-refractivity contribution in [3.05, 3.63) is 23.3 Å². The molecule has 16 heavy (non-hydrogen) atoms. The van der Waals surface area contributed by atoms with E-state index in [0.29, 0.717) is 6.29 Å². The Morgan fingerprint density at radius 1 is 1.12 bits per heavy atom. The molecule has 1 aromatic carbocycles. The summed E-state index contributed by atoms with van der Waals surface area (Å²) in [6, 6.07) is 1.73. The molecule has 0 aliphatic heterocycles. The second kappa shape index (κ2) is 4.42. The van der Waals surface area contributed by atoms with Gasteiger partial charge in [0.05, 0.1) is 19.8 Å². The Morgan fingerprint density at radius 2 is 1.69 bits per heavy atom. The molecule has 0 saturated heterocycles. The molecule has 0 radical (unpaired) electrons. The summed E-state index contributed by atoms with van der Waals surface area (Å²) in [5, 5.41) is 0. The minimum absolute atomic E-state index is 0.00681. The molecule has 88 valence electrons. The molecular formula is C10H9F3O3. The van der Waals surface area contributed by atoms with Gasteiger partial charge in [-0.05, 0) is 12.1 Å². The molecule has 0 amide bonds. The van der Waals surface area contributed by atoms with Crippen LogP contribution < -0.4 is 9.47 Å². The highest BCUT2D eigenvalue weighted by atomic mass is 19.4. The summed E-state index contributed by atoms with van der Waals surface area (Å²) in [5.41, 5.74) is -0.968. The topological polar surface area (TPSA) is 35.5 Å². The standard InChI is InChI=1S/C10H9F3O3/c1-15-8-4-7(10(11,12)13)9(16-2)3-6(8)5-14/h3-5H,1-2H3. The van der Waals surface area contributed by atoms with Crippen molar-refractivity contribution in [2.45, 2.75) is 6.18 Å². The van der Waals surface area contributed by atoms with Crippen molar-refractivity contribution in [1.29, 1.82) is 0 Å². The summed E-state index contributed by atoms with van der Waals surface area (Å²) >= 11 is 0. The van der Waals surface area contributed by atoms with Crippen molar-refractivity contribution in [2.75, 3.05) is 14.2 Å². The molecule has 0 spiro atoms. The number of halogens is 3. The molecule has 0 aromatic heterocycles. The van der Waals surface area contributed by atoms with Crippen molar-refractivity contribution in [3.8, 4) is 11.5 Å². The van der Waals surface area contributed by atoms with Crippen LogP contribution in [0, 0.1) is 0 Å². The summed E-state index contributed by atoms with van der Waals surface area (Å²) in [4.78, 5) is 10.6. The van der Waals surface area contributed by atoms with Gasteiger partial charge in [-0.2, -0.15) is 13.2 Å². The highest BCUT2D eigenvalue weighted by molar-refractivity contribution is 5.80. The lowest BCUT2D eigenvalue weighted by molar-refractivity contribution is -0.138. The van der Waals surface area contributed by atoms with E-state index in [4.69, 9.17) is 0 Å². The zero-order chi connectivity index (χ0) is 12.3. The van der Waals surface area contributed by atoms with E-state index in [1.807, 2.05) is 0 Å². The van der Waals surface area contributed by atoms with Crippen LogP contribution >= 0.6 is 0 Å². The molecule has 0 N–H and O–H groups in total. The predicted molar refractivity (Wildman–Crippen MR) is 49.9 cm³/mol. The first kappa shape index (κ1) is 12.4. The third kappa shape index (κ3) is 2.26. The Bertz CT molecular complexity index is 399. The molecule has 0 aliphatic carbocycles. The Morgan fingerprint density at radius 3 is 2.06 bits per heavy atom. The number of carbonyl (C=O) groups is 1. The van der Waals surface area contributed by atoms with E-state index >= 15 is 0 Å². The quantitative estimate of drug-likeness (QED) is 0.754. The lowest BCUT2D eigenvalue weighted by atomic mass is 10.1. The first-order valence-corrected chi connectivity index (χ1v) is 4.22. The molecule has 0 aliphatic rings. The molecule has 6 heteroatoms. The molecule has 0 fully saturated rings. The van der Waals surface area contributed by atoms with E-state index in [2.05, 4.69) is 9.47 Å². The maximum atomic E-state index is 12.6. The van der Waals surface area contributed by atoms with Gasteiger partial charge in [-0.1, -0.05) is 0 Å². The van der Waals surface area contributed by atoms with E-state index in [0.717, 1.165) is 19.2 Å². The summed E-state index contributed by atoms with van der Waals surface area (Å²) in [6.07, 6.45) is -4.15. The largest absolute Gasteiger partial charge is 0.496 e. The van der Waals surface area contributed by atoms with Gasteiger partial charge in [-0.25, -0.2) is 0 Å². The molecule has 0 saturated carbocycles. The van der Waals surface area contributed by atoms with Gasteiger partial charge in [0.15, 0.2) is 6.29 Å². The van der Waals surface area contributed by atoms with Crippen LogP contribution in [0.5, 0.6) is 11.5 Å². The highest BCUT2D eigenvalue weighted by Crippen LogP contribution is 2.39. The second-order valence-corrected chi connectivity index (χ2v) is 2.91. The number of aldehydes is 1. The molecule has 1 rings (SSSR count). The molecular weight excluding hydrogens is 225 g/mol. The van der Waals surface area contributed by atoms with Crippen molar-refractivity contribution in [2.24, 2.45) is 0 Å². The van der Waals surface area contributed by atoms with Crippen LogP contribution in [0.3, 0.4) is 0 Å². The van der Waals surface area contributed by atoms with Gasteiger partial charge in [-0.3, -0.25) is 4.79 Å². The molecule has 1 aromatic rings. The number of alkyl halides is 3. The number of ether oxygens (including phenoxy) is 2. The summed E-state index contributed by atoms with van der Waals surface area (Å²) in [5.74, 6) is -0.543. The average molecular weight is 234 g/mol. The molecule has 0 unspecified atom stereocenters. The minimum atomic E-state index is -4.56. The van der Waals surface area contributed by atoms with Gasteiger partial charge in [-0.15, -0.1) is 0 Å². The van der Waals surface area contributed by atoms with Gasteiger partial charge in [0, 0.05) is 0 Å². The Hall–Kier alpha value is -1.72. The number of methoxy groups -OCH3 is 2. The first-order valence-electron chi connectivity index (χ1n) is 4.22. The van der Waals surface area contributed by atoms with Crippen molar-refractivity contribution in [1.82, 2.24) is 0 Å². The summed E-state index contributed by atoms with van der Waals surface area (Å²) < 4.78 is 47.0. The van der Waals surface area contributed by atoms with Crippen molar-refractivity contribution < 1.29 is 27.4 Å². The molecule has 3 nitrogen and oxygen atoms in total. The SMILES string of the molecule is COc1cc(C(F)(F)F)c(OC)cc1C=O. The van der Waals surface area contributed by atoms with Crippen LogP contribution in [0.2, 0.25) is 0 Å². The van der Waals surface area contributed by atoms with E-state index in [9.17, 15) is 18.0 Å². The monoisotopic (exact) mass is 234 g/mol. The maximum absolute atomic E-state index is 12.6. The van der Waals surface area contributed by atoms with Gasteiger partial charge in [0.1, 0.15) is 17.1 Å². The number of hydrogen-bond donors (Lipinski definition) is 0. The number of rotatable bonds is 3. The van der Waals surface area contributed by atoms with Crippen LogP contribution in [0.4, 0.5) is 13.2 Å². The fourth-order valence-corrected chi connectivity index (χ4v) is 1.23. The third-order valence-corrected chi connectivity index (χ3v) is 1.98. The zero-order valence-electron chi connectivity index (χ0n) is 8.59. The molecule has 0 atom stereocenters. The van der Waals surface area contributed by atoms with Gasteiger partial charge in [0.2, 0.25) is 0 Å². The third-order valence-electron chi connectivity index (χ3n) is 1.98. The summed E-state index contributed by atoms with van der Waals surface area (Å²) in [7, 11) is 2.29. The van der Waals surface area contributed by atoms with Crippen LogP contribution in [0.25, 0.3) is 0 Å². The van der Waals surface area contributed by atoms with Crippen LogP contribution in [-0.2, 0) is 6.18 Å². The number of benzene rings is 1. The van der Waals surface area contributed by atoms with Crippen LogP contribution in [0.15, 0.2) is 12.1 Å².